The maximum Gasteiger partial charge on any atom is 0.344 e. The molecule has 18 heavy (non-hydrogen) atoms. The van der Waals surface area contributed by atoms with Crippen LogP contribution in [0.15, 0.2) is 18.2 Å². The summed E-state index contributed by atoms with van der Waals surface area (Å²) in [4.78, 5) is 22.4. The molecule has 0 saturated heterocycles. The van der Waals surface area contributed by atoms with E-state index in [0.29, 0.717) is 18.0 Å². The van der Waals surface area contributed by atoms with E-state index in [1.807, 2.05) is 6.92 Å². The van der Waals surface area contributed by atoms with Crippen molar-refractivity contribution in [1.82, 2.24) is 0 Å². The van der Waals surface area contributed by atoms with E-state index in [1.54, 1.807) is 6.07 Å². The van der Waals surface area contributed by atoms with Crippen molar-refractivity contribution in [2.75, 3.05) is 26.1 Å². The SMILES string of the molecule is CCOc1ccc(C(=O)OCC(=O)OC)cc1N. The van der Waals surface area contributed by atoms with E-state index >= 15 is 0 Å². The van der Waals surface area contributed by atoms with Gasteiger partial charge >= 0.3 is 11.9 Å². The van der Waals surface area contributed by atoms with Crippen molar-refractivity contribution < 1.29 is 23.8 Å². The van der Waals surface area contributed by atoms with E-state index in [0.717, 1.165) is 0 Å². The highest BCUT2D eigenvalue weighted by molar-refractivity contribution is 5.92. The molecular weight excluding hydrogens is 238 g/mol. The molecule has 6 heteroatoms. The van der Waals surface area contributed by atoms with Gasteiger partial charge in [-0.05, 0) is 25.1 Å². The van der Waals surface area contributed by atoms with Crippen molar-refractivity contribution in [3.8, 4) is 5.75 Å². The molecule has 0 unspecified atom stereocenters. The van der Waals surface area contributed by atoms with Crippen molar-refractivity contribution in [3.05, 3.63) is 23.8 Å². The van der Waals surface area contributed by atoms with Gasteiger partial charge in [-0.1, -0.05) is 0 Å². The number of ether oxygens (including phenoxy) is 3. The van der Waals surface area contributed by atoms with E-state index in [9.17, 15) is 9.59 Å². The van der Waals surface area contributed by atoms with Crippen molar-refractivity contribution in [2.24, 2.45) is 0 Å². The summed E-state index contributed by atoms with van der Waals surface area (Å²) >= 11 is 0. The number of rotatable bonds is 5. The van der Waals surface area contributed by atoms with Gasteiger partial charge in [0.1, 0.15) is 5.75 Å². The predicted molar refractivity (Wildman–Crippen MR) is 64.3 cm³/mol. The first kappa shape index (κ1) is 13.8. The molecule has 1 rings (SSSR count). The van der Waals surface area contributed by atoms with Gasteiger partial charge in [-0.2, -0.15) is 0 Å². The van der Waals surface area contributed by atoms with Crippen molar-refractivity contribution >= 4 is 17.6 Å². The number of nitrogen functional groups attached to an aromatic ring is 1. The maximum atomic E-state index is 11.6. The molecule has 0 radical (unpaired) electrons. The summed E-state index contributed by atoms with van der Waals surface area (Å²) in [5.74, 6) is -0.764. The summed E-state index contributed by atoms with van der Waals surface area (Å²) in [5.41, 5.74) is 6.29. The van der Waals surface area contributed by atoms with E-state index in [4.69, 9.17) is 15.2 Å². The number of nitrogens with two attached hydrogens (primary N) is 1. The summed E-state index contributed by atoms with van der Waals surface area (Å²) in [6, 6.07) is 4.53. The molecule has 0 amide bonds. The fourth-order valence-electron chi connectivity index (χ4n) is 1.23. The fraction of sp³-hybridized carbons (Fsp3) is 0.333. The van der Waals surface area contributed by atoms with Crippen molar-refractivity contribution in [2.45, 2.75) is 6.92 Å². The number of carbonyl (C=O) groups excluding carboxylic acids is 2. The smallest absolute Gasteiger partial charge is 0.344 e. The Balaban J connectivity index is 2.69. The summed E-state index contributed by atoms with van der Waals surface area (Å²) in [6.07, 6.45) is 0. The van der Waals surface area contributed by atoms with Crippen LogP contribution in [-0.2, 0) is 14.3 Å². The lowest BCUT2D eigenvalue weighted by atomic mass is 10.2. The Morgan fingerprint density at radius 2 is 2.06 bits per heavy atom. The van der Waals surface area contributed by atoms with Gasteiger partial charge in [-0.3, -0.25) is 0 Å². The fourth-order valence-corrected chi connectivity index (χ4v) is 1.23. The lowest BCUT2D eigenvalue weighted by molar-refractivity contribution is -0.144. The average molecular weight is 253 g/mol. The van der Waals surface area contributed by atoms with E-state index in [-0.39, 0.29) is 5.56 Å². The Labute approximate surface area is 105 Å². The molecule has 6 nitrogen and oxygen atoms in total. The third kappa shape index (κ3) is 3.65. The number of hydrogen-bond acceptors (Lipinski definition) is 6. The van der Waals surface area contributed by atoms with Crippen LogP contribution < -0.4 is 10.5 Å². The topological polar surface area (TPSA) is 87.8 Å². The lowest BCUT2D eigenvalue weighted by Gasteiger charge is -2.08. The van der Waals surface area contributed by atoms with Crippen LogP contribution >= 0.6 is 0 Å². The van der Waals surface area contributed by atoms with Crippen LogP contribution in [-0.4, -0.2) is 32.3 Å². The van der Waals surface area contributed by atoms with Gasteiger partial charge in [0.2, 0.25) is 0 Å². The van der Waals surface area contributed by atoms with Crippen molar-refractivity contribution in [1.29, 1.82) is 0 Å². The number of esters is 2. The van der Waals surface area contributed by atoms with Crippen LogP contribution in [0.2, 0.25) is 0 Å². The van der Waals surface area contributed by atoms with Gasteiger partial charge in [0, 0.05) is 0 Å². The molecule has 0 saturated carbocycles. The van der Waals surface area contributed by atoms with Gasteiger partial charge in [0.05, 0.1) is 25.0 Å². The van der Waals surface area contributed by atoms with E-state index in [1.165, 1.54) is 19.2 Å². The van der Waals surface area contributed by atoms with Gasteiger partial charge < -0.3 is 19.9 Å². The summed E-state index contributed by atoms with van der Waals surface area (Å²) in [7, 11) is 1.21. The third-order valence-corrected chi connectivity index (χ3v) is 2.09. The number of benzene rings is 1. The number of anilines is 1. The zero-order valence-corrected chi connectivity index (χ0v) is 10.3. The normalized spacial score (nSPS) is 9.67. The second-order valence-electron chi connectivity index (χ2n) is 3.34. The Morgan fingerprint density at radius 1 is 1.33 bits per heavy atom. The predicted octanol–water partition coefficient (Wildman–Crippen LogP) is 0.997. The molecule has 98 valence electrons. The molecule has 0 heterocycles. The Morgan fingerprint density at radius 3 is 2.61 bits per heavy atom. The van der Waals surface area contributed by atoms with Crippen LogP contribution in [0.25, 0.3) is 0 Å². The highest BCUT2D eigenvalue weighted by Crippen LogP contribution is 2.22. The first-order valence-electron chi connectivity index (χ1n) is 5.34. The highest BCUT2D eigenvalue weighted by atomic mass is 16.6. The van der Waals surface area contributed by atoms with Crippen LogP contribution in [0, 0.1) is 0 Å². The second kappa shape index (κ2) is 6.48. The molecule has 0 aliphatic carbocycles. The summed E-state index contributed by atoms with van der Waals surface area (Å²) in [6.45, 7) is 1.89. The van der Waals surface area contributed by atoms with E-state index in [2.05, 4.69) is 4.74 Å². The third-order valence-electron chi connectivity index (χ3n) is 2.09. The molecule has 0 bridgehead atoms. The zero-order valence-electron chi connectivity index (χ0n) is 10.3. The van der Waals surface area contributed by atoms with Gasteiger partial charge in [-0.25, -0.2) is 9.59 Å². The minimum Gasteiger partial charge on any atom is -0.492 e. The Hall–Kier alpha value is -2.24. The molecule has 0 aromatic heterocycles. The minimum atomic E-state index is -0.643. The van der Waals surface area contributed by atoms with Crippen LogP contribution in [0.1, 0.15) is 17.3 Å². The van der Waals surface area contributed by atoms with Crippen LogP contribution in [0.5, 0.6) is 5.75 Å². The van der Waals surface area contributed by atoms with Crippen LogP contribution in [0.3, 0.4) is 0 Å². The molecule has 2 N–H and O–H groups in total. The monoisotopic (exact) mass is 253 g/mol. The molecule has 1 aromatic carbocycles. The zero-order chi connectivity index (χ0) is 13.5. The lowest BCUT2D eigenvalue weighted by Crippen LogP contribution is -2.15. The maximum absolute atomic E-state index is 11.6. The van der Waals surface area contributed by atoms with Gasteiger partial charge in [0.25, 0.3) is 0 Å². The molecule has 0 aliphatic heterocycles. The molecule has 0 spiro atoms. The highest BCUT2D eigenvalue weighted by Gasteiger charge is 2.12. The first-order chi connectivity index (χ1) is 8.58. The second-order valence-corrected chi connectivity index (χ2v) is 3.34. The summed E-state index contributed by atoms with van der Waals surface area (Å²) in [5, 5.41) is 0. The first-order valence-corrected chi connectivity index (χ1v) is 5.34. The van der Waals surface area contributed by atoms with Gasteiger partial charge in [0.15, 0.2) is 6.61 Å². The quantitative estimate of drug-likeness (QED) is 0.622. The molecular formula is C12H15NO5. The average Bonchev–Trinajstić information content (AvgIpc) is 2.38. The minimum absolute atomic E-state index is 0.250. The molecule has 0 fully saturated rings. The molecule has 0 aliphatic rings. The Kier molecular flexibility index (Phi) is 4.98. The van der Waals surface area contributed by atoms with E-state index < -0.39 is 18.5 Å². The molecule has 0 atom stereocenters. The standard InChI is InChI=1S/C12H15NO5/c1-3-17-10-5-4-8(6-9(10)13)12(15)18-7-11(14)16-2/h4-6H,3,7,13H2,1-2H3. The number of hydrogen-bond donors (Lipinski definition) is 1. The molecule has 1 aromatic rings. The summed E-state index contributed by atoms with van der Waals surface area (Å²) < 4.78 is 14.3. The number of carbonyl (C=O) groups is 2. The Bertz CT molecular complexity index is 444. The number of methoxy groups -OCH3 is 1. The largest absolute Gasteiger partial charge is 0.492 e. The van der Waals surface area contributed by atoms with Gasteiger partial charge in [-0.15, -0.1) is 0 Å². The van der Waals surface area contributed by atoms with Crippen LogP contribution in [0.4, 0.5) is 5.69 Å². The van der Waals surface area contributed by atoms with Crippen molar-refractivity contribution in [3.63, 3.8) is 0 Å².